The first-order valence-corrected chi connectivity index (χ1v) is 4.80. The van der Waals surface area contributed by atoms with E-state index < -0.39 is 11.9 Å². The lowest BCUT2D eigenvalue weighted by molar-refractivity contribution is -0.145. The van der Waals surface area contributed by atoms with Gasteiger partial charge in [-0.2, -0.15) is 0 Å². The molecule has 0 N–H and O–H groups in total. The second-order valence-corrected chi connectivity index (χ2v) is 3.53. The molecular formula is C9H11N3O4. The molecule has 1 amide bonds. The summed E-state index contributed by atoms with van der Waals surface area (Å²) in [6, 6.07) is 0.133. The van der Waals surface area contributed by atoms with E-state index in [-0.39, 0.29) is 24.9 Å². The lowest BCUT2D eigenvalue weighted by atomic mass is 10.1. The molecule has 0 saturated carbocycles. The number of amides is 1. The van der Waals surface area contributed by atoms with Crippen LogP contribution in [0.4, 0.5) is 6.01 Å². The van der Waals surface area contributed by atoms with Crippen molar-refractivity contribution < 1.29 is 18.7 Å². The largest absolute Gasteiger partial charge is 0.469 e. The number of aryl methyl sites for hydroxylation is 1. The van der Waals surface area contributed by atoms with Crippen LogP contribution in [0, 0.1) is 12.8 Å². The summed E-state index contributed by atoms with van der Waals surface area (Å²) in [5.41, 5.74) is 0. The van der Waals surface area contributed by atoms with Gasteiger partial charge in [-0.15, -0.1) is 5.10 Å². The smallest absolute Gasteiger partial charge is 0.325 e. The lowest BCUT2D eigenvalue weighted by Gasteiger charge is -2.09. The molecule has 7 heteroatoms. The lowest BCUT2D eigenvalue weighted by Crippen LogP contribution is -2.26. The number of methoxy groups -OCH3 is 1. The molecule has 1 aromatic rings. The number of nitrogens with zero attached hydrogens (tertiary/aromatic N) is 3. The fourth-order valence-electron chi connectivity index (χ4n) is 1.61. The summed E-state index contributed by atoms with van der Waals surface area (Å²) in [7, 11) is 1.30. The van der Waals surface area contributed by atoms with Crippen molar-refractivity contribution in [1.29, 1.82) is 0 Å². The number of carbonyl (C=O) groups excluding carboxylic acids is 2. The summed E-state index contributed by atoms with van der Waals surface area (Å²) in [6.45, 7) is 1.86. The van der Waals surface area contributed by atoms with Crippen LogP contribution in [0.5, 0.6) is 0 Å². The van der Waals surface area contributed by atoms with E-state index in [0.717, 1.165) is 0 Å². The van der Waals surface area contributed by atoms with Crippen LogP contribution >= 0.6 is 0 Å². The van der Waals surface area contributed by atoms with Gasteiger partial charge in [0, 0.05) is 19.9 Å². The third-order valence-electron chi connectivity index (χ3n) is 2.41. The molecule has 0 aliphatic carbocycles. The topological polar surface area (TPSA) is 85.5 Å². The zero-order valence-electron chi connectivity index (χ0n) is 8.97. The zero-order chi connectivity index (χ0) is 11.7. The third-order valence-corrected chi connectivity index (χ3v) is 2.41. The van der Waals surface area contributed by atoms with Crippen molar-refractivity contribution in [3.05, 3.63) is 5.89 Å². The molecule has 16 heavy (non-hydrogen) atoms. The fourth-order valence-corrected chi connectivity index (χ4v) is 1.61. The Kier molecular flexibility index (Phi) is 2.59. The highest BCUT2D eigenvalue weighted by atomic mass is 16.5. The molecule has 2 rings (SSSR count). The SMILES string of the molecule is COC(=O)C1CC(=O)N(c2nnc(C)o2)C1. The Labute approximate surface area is 91.4 Å². The molecule has 1 saturated heterocycles. The van der Waals surface area contributed by atoms with Crippen molar-refractivity contribution in [3.63, 3.8) is 0 Å². The molecule has 0 radical (unpaired) electrons. The van der Waals surface area contributed by atoms with Crippen molar-refractivity contribution in [3.8, 4) is 0 Å². The van der Waals surface area contributed by atoms with Crippen LogP contribution in [0.1, 0.15) is 12.3 Å². The van der Waals surface area contributed by atoms with E-state index >= 15 is 0 Å². The number of ether oxygens (including phenoxy) is 1. The van der Waals surface area contributed by atoms with Gasteiger partial charge in [-0.1, -0.05) is 5.10 Å². The maximum Gasteiger partial charge on any atom is 0.325 e. The summed E-state index contributed by atoms with van der Waals surface area (Å²) < 4.78 is 9.72. The first kappa shape index (κ1) is 10.6. The van der Waals surface area contributed by atoms with Crippen LogP contribution in [0.15, 0.2) is 4.42 Å². The van der Waals surface area contributed by atoms with Crippen molar-refractivity contribution in [2.75, 3.05) is 18.6 Å². The Morgan fingerprint density at radius 1 is 1.56 bits per heavy atom. The van der Waals surface area contributed by atoms with Crippen molar-refractivity contribution in [2.24, 2.45) is 5.92 Å². The number of hydrogen-bond donors (Lipinski definition) is 0. The van der Waals surface area contributed by atoms with E-state index in [9.17, 15) is 9.59 Å². The average Bonchev–Trinajstić information content (AvgIpc) is 2.83. The number of esters is 1. The van der Waals surface area contributed by atoms with E-state index in [4.69, 9.17) is 4.42 Å². The normalized spacial score (nSPS) is 20.2. The van der Waals surface area contributed by atoms with Gasteiger partial charge in [0.05, 0.1) is 13.0 Å². The van der Waals surface area contributed by atoms with Crippen molar-refractivity contribution >= 4 is 17.9 Å². The maximum absolute atomic E-state index is 11.6. The summed E-state index contributed by atoms with van der Waals surface area (Å²) in [6.07, 6.45) is 0.119. The molecule has 0 bridgehead atoms. The van der Waals surface area contributed by atoms with Crippen LogP contribution in [-0.4, -0.2) is 35.7 Å². The molecule has 1 fully saturated rings. The minimum absolute atomic E-state index is 0.119. The van der Waals surface area contributed by atoms with Gasteiger partial charge >= 0.3 is 12.0 Å². The first-order valence-electron chi connectivity index (χ1n) is 4.80. The quantitative estimate of drug-likeness (QED) is 0.653. The number of hydrogen-bond acceptors (Lipinski definition) is 6. The Balaban J connectivity index is 2.14. The molecular weight excluding hydrogens is 214 g/mol. The molecule has 7 nitrogen and oxygen atoms in total. The predicted octanol–water partition coefficient (Wildman–Crippen LogP) is -0.0961. The number of anilines is 1. The van der Waals surface area contributed by atoms with Crippen LogP contribution in [0.3, 0.4) is 0 Å². The first-order chi connectivity index (χ1) is 7.61. The monoisotopic (exact) mass is 225 g/mol. The second kappa shape index (κ2) is 3.92. The van der Waals surface area contributed by atoms with Gasteiger partial charge < -0.3 is 9.15 Å². The maximum atomic E-state index is 11.6. The minimum atomic E-state index is -0.454. The highest BCUT2D eigenvalue weighted by Crippen LogP contribution is 2.24. The van der Waals surface area contributed by atoms with Crippen LogP contribution in [-0.2, 0) is 14.3 Å². The zero-order valence-corrected chi connectivity index (χ0v) is 8.97. The highest BCUT2D eigenvalue weighted by Gasteiger charge is 2.38. The third kappa shape index (κ3) is 1.75. The molecule has 0 aromatic carbocycles. The van der Waals surface area contributed by atoms with Gasteiger partial charge in [-0.05, 0) is 0 Å². The van der Waals surface area contributed by atoms with Crippen molar-refractivity contribution in [1.82, 2.24) is 10.2 Å². The van der Waals surface area contributed by atoms with E-state index in [2.05, 4.69) is 14.9 Å². The van der Waals surface area contributed by atoms with Crippen LogP contribution in [0.2, 0.25) is 0 Å². The molecule has 1 aliphatic rings. The Hall–Kier alpha value is -1.92. The standard InChI is InChI=1S/C9H11N3O4/c1-5-10-11-9(16-5)12-4-6(3-7(12)13)8(14)15-2/h6H,3-4H2,1-2H3. The van der Waals surface area contributed by atoms with Crippen LogP contribution in [0.25, 0.3) is 0 Å². The minimum Gasteiger partial charge on any atom is -0.469 e. The van der Waals surface area contributed by atoms with E-state index in [1.165, 1.54) is 12.0 Å². The highest BCUT2D eigenvalue weighted by molar-refractivity contribution is 5.97. The number of aromatic nitrogens is 2. The summed E-state index contributed by atoms with van der Waals surface area (Å²) in [5.74, 6) is -0.680. The van der Waals surface area contributed by atoms with Gasteiger partial charge in [0.25, 0.3) is 0 Å². The van der Waals surface area contributed by atoms with Gasteiger partial charge in [-0.3, -0.25) is 14.5 Å². The van der Waals surface area contributed by atoms with E-state index in [1.807, 2.05) is 0 Å². The Morgan fingerprint density at radius 2 is 2.31 bits per heavy atom. The van der Waals surface area contributed by atoms with Crippen molar-refractivity contribution in [2.45, 2.75) is 13.3 Å². The number of rotatable bonds is 2. The van der Waals surface area contributed by atoms with Gasteiger partial charge in [0.15, 0.2) is 0 Å². The van der Waals surface area contributed by atoms with E-state index in [1.54, 1.807) is 6.92 Å². The molecule has 86 valence electrons. The molecule has 1 aliphatic heterocycles. The summed E-state index contributed by atoms with van der Waals surface area (Å²) in [4.78, 5) is 24.2. The number of carbonyl (C=O) groups is 2. The second-order valence-electron chi connectivity index (χ2n) is 3.53. The van der Waals surface area contributed by atoms with Gasteiger partial charge in [0.2, 0.25) is 11.8 Å². The molecule has 2 heterocycles. The Bertz CT molecular complexity index is 428. The predicted molar refractivity (Wildman–Crippen MR) is 51.5 cm³/mol. The molecule has 0 spiro atoms. The van der Waals surface area contributed by atoms with Crippen LogP contribution < -0.4 is 4.90 Å². The van der Waals surface area contributed by atoms with Gasteiger partial charge in [-0.25, -0.2) is 0 Å². The summed E-state index contributed by atoms with van der Waals surface area (Å²) >= 11 is 0. The van der Waals surface area contributed by atoms with Gasteiger partial charge in [0.1, 0.15) is 0 Å². The molecule has 1 aromatic heterocycles. The van der Waals surface area contributed by atoms with E-state index in [0.29, 0.717) is 5.89 Å². The Morgan fingerprint density at radius 3 is 2.88 bits per heavy atom. The molecule has 1 unspecified atom stereocenters. The average molecular weight is 225 g/mol. The fraction of sp³-hybridized carbons (Fsp3) is 0.556. The summed E-state index contributed by atoms with van der Waals surface area (Å²) in [5, 5.41) is 7.36. The molecule has 1 atom stereocenters.